The van der Waals surface area contributed by atoms with E-state index in [0.717, 1.165) is 30.5 Å². The van der Waals surface area contributed by atoms with Crippen LogP contribution in [-0.4, -0.2) is 42.7 Å². The lowest BCUT2D eigenvalue weighted by Gasteiger charge is -2.39. The highest BCUT2D eigenvalue weighted by molar-refractivity contribution is 5.71. The van der Waals surface area contributed by atoms with E-state index in [2.05, 4.69) is 41.2 Å². The van der Waals surface area contributed by atoms with Gasteiger partial charge in [-0.25, -0.2) is 4.79 Å². The third-order valence-electron chi connectivity index (χ3n) is 7.31. The van der Waals surface area contributed by atoms with Gasteiger partial charge in [-0.2, -0.15) is 0 Å². The maximum Gasteiger partial charge on any atom is 0.362 e. The second kappa shape index (κ2) is 5.99. The average Bonchev–Trinajstić information content (AvgIpc) is 2.80. The topological polar surface area (TPSA) is 26.3 Å². The van der Waals surface area contributed by atoms with E-state index < -0.39 is 0 Å². The number of carbonyl (C=O) groups is 1. The van der Waals surface area contributed by atoms with Gasteiger partial charge in [-0.15, -0.1) is 0 Å². The lowest BCUT2D eigenvalue weighted by Crippen LogP contribution is -2.52. The normalized spacial score (nSPS) is 33.0. The Bertz CT molecular complexity index is 439. The van der Waals surface area contributed by atoms with Crippen molar-refractivity contribution in [1.82, 2.24) is 0 Å². The minimum absolute atomic E-state index is 0.0277. The molecule has 0 amide bonds. The van der Waals surface area contributed by atoms with E-state index in [1.54, 1.807) is 0 Å². The van der Waals surface area contributed by atoms with Crippen LogP contribution in [0.15, 0.2) is 12.7 Å². The van der Waals surface area contributed by atoms with Crippen LogP contribution < -0.4 is 0 Å². The molecule has 0 unspecified atom stereocenters. The van der Waals surface area contributed by atoms with Crippen LogP contribution in [0.4, 0.5) is 0 Å². The number of nitrogens with zero attached hydrogens (tertiary/aromatic N) is 1. The van der Waals surface area contributed by atoms with Gasteiger partial charge in [0.1, 0.15) is 6.10 Å². The van der Waals surface area contributed by atoms with Gasteiger partial charge in [-0.3, -0.25) is 0 Å². The molecule has 0 spiro atoms. The van der Waals surface area contributed by atoms with Gasteiger partial charge in [0.25, 0.3) is 0 Å². The van der Waals surface area contributed by atoms with Gasteiger partial charge in [0, 0.05) is 5.41 Å². The maximum absolute atomic E-state index is 12.6. The van der Waals surface area contributed by atoms with Crippen LogP contribution in [0.1, 0.15) is 53.9 Å². The smallest absolute Gasteiger partial charge is 0.362 e. The molecule has 2 fully saturated rings. The summed E-state index contributed by atoms with van der Waals surface area (Å²) < 4.78 is 6.75. The summed E-state index contributed by atoms with van der Waals surface area (Å²) in [7, 11) is 0. The summed E-state index contributed by atoms with van der Waals surface area (Å²) in [4.78, 5) is 12.6. The van der Waals surface area contributed by atoms with E-state index in [-0.39, 0.29) is 17.5 Å². The van der Waals surface area contributed by atoms with Gasteiger partial charge in [-0.1, -0.05) is 27.4 Å². The molecular formula is C19H34NO2+. The van der Waals surface area contributed by atoms with Gasteiger partial charge >= 0.3 is 5.97 Å². The fraction of sp³-hybridized carbons (Fsp3) is 0.842. The molecule has 2 saturated carbocycles. The number of quaternary nitrogens is 1. The van der Waals surface area contributed by atoms with E-state index in [1.807, 2.05) is 6.08 Å². The maximum atomic E-state index is 12.6. The van der Waals surface area contributed by atoms with Crippen molar-refractivity contribution in [3.8, 4) is 0 Å². The molecule has 0 aliphatic heterocycles. The van der Waals surface area contributed by atoms with Gasteiger partial charge < -0.3 is 9.22 Å². The molecule has 3 heteroatoms. The van der Waals surface area contributed by atoms with Crippen molar-refractivity contribution in [2.75, 3.05) is 26.2 Å². The Hall–Kier alpha value is -0.830. The highest BCUT2D eigenvalue weighted by atomic mass is 16.5. The van der Waals surface area contributed by atoms with E-state index in [4.69, 9.17) is 4.74 Å². The number of carbonyl (C=O) groups excluding carboxylic acids is 1. The quantitative estimate of drug-likeness (QED) is 0.406. The molecular weight excluding hydrogens is 274 g/mol. The van der Waals surface area contributed by atoms with Crippen LogP contribution >= 0.6 is 0 Å². The van der Waals surface area contributed by atoms with E-state index in [1.165, 1.54) is 12.8 Å². The molecule has 0 heterocycles. The Kier molecular flexibility index (Phi) is 4.77. The first-order chi connectivity index (χ1) is 10.2. The zero-order valence-corrected chi connectivity index (χ0v) is 15.2. The summed E-state index contributed by atoms with van der Waals surface area (Å²) in [6.45, 7) is 18.3. The number of rotatable bonds is 7. The van der Waals surface area contributed by atoms with Crippen molar-refractivity contribution in [3.63, 3.8) is 0 Å². The summed E-state index contributed by atoms with van der Waals surface area (Å²) in [5.74, 6) is 0.681. The van der Waals surface area contributed by atoms with Gasteiger partial charge in [0.15, 0.2) is 6.54 Å². The zero-order chi connectivity index (χ0) is 16.6. The van der Waals surface area contributed by atoms with Crippen LogP contribution in [0, 0.1) is 16.7 Å². The number of fused-ring (bicyclic) bond motifs is 2. The predicted molar refractivity (Wildman–Crippen MR) is 90.4 cm³/mol. The third kappa shape index (κ3) is 2.62. The standard InChI is InChI=1S/C19H34NO2/c1-7-12-20(8-2,9-3)14-17(21)22-16-13-15-10-11-19(16,6)18(15,4)5/h7,15-16H,1,8-14H2,2-6H3/q+1/t15-,16+,19-/m0/s1. The Morgan fingerprint density at radius 2 is 1.95 bits per heavy atom. The molecule has 2 rings (SSSR count). The zero-order valence-electron chi connectivity index (χ0n) is 15.2. The van der Waals surface area contributed by atoms with Gasteiger partial charge in [-0.05, 0) is 50.5 Å². The molecule has 126 valence electrons. The van der Waals surface area contributed by atoms with Crippen molar-refractivity contribution >= 4 is 5.97 Å². The Morgan fingerprint density at radius 1 is 1.32 bits per heavy atom. The summed E-state index contributed by atoms with van der Waals surface area (Å²) in [6, 6.07) is 0. The number of esters is 1. The Morgan fingerprint density at radius 3 is 2.36 bits per heavy atom. The summed E-state index contributed by atoms with van der Waals surface area (Å²) in [5, 5.41) is 0. The first-order valence-corrected chi connectivity index (χ1v) is 8.90. The number of likely N-dealkylation sites (N-methyl/N-ethyl adjacent to an activating group) is 1. The molecule has 2 bridgehead atoms. The highest BCUT2D eigenvalue weighted by Gasteiger charge is 2.63. The summed E-state index contributed by atoms with van der Waals surface area (Å²) >= 11 is 0. The Balaban J connectivity index is 2.03. The molecule has 0 aromatic carbocycles. The molecule has 3 atom stereocenters. The highest BCUT2D eigenvalue weighted by Crippen LogP contribution is 2.66. The summed E-state index contributed by atoms with van der Waals surface area (Å²) in [6.07, 6.45) is 5.56. The lowest BCUT2D eigenvalue weighted by molar-refractivity contribution is -0.912. The third-order valence-corrected chi connectivity index (χ3v) is 7.31. The van der Waals surface area contributed by atoms with Crippen molar-refractivity contribution in [1.29, 1.82) is 0 Å². The van der Waals surface area contributed by atoms with Crippen molar-refractivity contribution in [3.05, 3.63) is 12.7 Å². The monoisotopic (exact) mass is 308 g/mol. The van der Waals surface area contributed by atoms with Crippen molar-refractivity contribution in [2.45, 2.75) is 60.0 Å². The summed E-state index contributed by atoms with van der Waals surface area (Å²) in [5.41, 5.74) is 0.445. The van der Waals surface area contributed by atoms with Crippen LogP contribution in [0.25, 0.3) is 0 Å². The second-order valence-electron chi connectivity index (χ2n) is 8.19. The minimum Gasteiger partial charge on any atom is -0.458 e. The first-order valence-electron chi connectivity index (χ1n) is 8.90. The Labute approximate surface area is 136 Å². The molecule has 0 N–H and O–H groups in total. The van der Waals surface area contributed by atoms with Crippen molar-refractivity contribution in [2.24, 2.45) is 16.7 Å². The first kappa shape index (κ1) is 17.5. The van der Waals surface area contributed by atoms with Crippen LogP contribution in [0.3, 0.4) is 0 Å². The largest absolute Gasteiger partial charge is 0.458 e. The average molecular weight is 308 g/mol. The van der Waals surface area contributed by atoms with Crippen LogP contribution in [0.5, 0.6) is 0 Å². The number of hydrogen-bond acceptors (Lipinski definition) is 2. The molecule has 22 heavy (non-hydrogen) atoms. The van der Waals surface area contributed by atoms with E-state index in [0.29, 0.717) is 17.9 Å². The minimum atomic E-state index is -0.0277. The molecule has 2 aliphatic rings. The predicted octanol–water partition coefficient (Wildman–Crippen LogP) is 3.79. The van der Waals surface area contributed by atoms with E-state index in [9.17, 15) is 4.79 Å². The molecule has 0 aromatic heterocycles. The molecule has 3 nitrogen and oxygen atoms in total. The second-order valence-corrected chi connectivity index (χ2v) is 8.19. The molecule has 2 aliphatic carbocycles. The number of ether oxygens (including phenoxy) is 1. The van der Waals surface area contributed by atoms with Gasteiger partial charge in [0.05, 0.1) is 19.6 Å². The molecule has 0 radical (unpaired) electrons. The van der Waals surface area contributed by atoms with Crippen LogP contribution in [0.2, 0.25) is 0 Å². The van der Waals surface area contributed by atoms with E-state index >= 15 is 0 Å². The van der Waals surface area contributed by atoms with Crippen molar-refractivity contribution < 1.29 is 14.0 Å². The number of hydrogen-bond donors (Lipinski definition) is 0. The fourth-order valence-electron chi connectivity index (χ4n) is 4.82. The van der Waals surface area contributed by atoms with Crippen LogP contribution in [-0.2, 0) is 9.53 Å². The fourth-order valence-corrected chi connectivity index (χ4v) is 4.82. The SMILES string of the molecule is C=CC[N+](CC)(CC)CC(=O)O[C@@H]1C[C@@H]2CC[C@]1(C)C2(C)C. The molecule has 0 saturated heterocycles. The lowest BCUT2D eigenvalue weighted by atomic mass is 9.70. The molecule has 0 aromatic rings. The van der Waals surface area contributed by atoms with Gasteiger partial charge in [0.2, 0.25) is 0 Å².